The Labute approximate surface area is 165 Å². The first-order chi connectivity index (χ1) is 13.6. The molecule has 0 spiro atoms. The monoisotopic (exact) mass is 372 g/mol. The van der Waals surface area contributed by atoms with Crippen molar-refractivity contribution in [3.8, 4) is 0 Å². The first-order valence-electron chi connectivity index (χ1n) is 9.71. The van der Waals surface area contributed by atoms with E-state index in [1.165, 1.54) is 11.1 Å². The van der Waals surface area contributed by atoms with Gasteiger partial charge in [0.1, 0.15) is 11.5 Å². The standard InChI is InChI=1S/C23H24N4O/c1-16(2)18-10-4-5-11-19(18)26-22-15-24-20(14-25-22)23(28)27-13-7-9-17-8-3-6-12-21(17)27/h3-6,8,10-12,14-16H,7,9,13H2,1-2H3,(H,25,26). The van der Waals surface area contributed by atoms with Crippen molar-refractivity contribution < 1.29 is 4.79 Å². The van der Waals surface area contributed by atoms with Gasteiger partial charge in [0.05, 0.1) is 12.4 Å². The zero-order valence-electron chi connectivity index (χ0n) is 16.2. The lowest BCUT2D eigenvalue weighted by molar-refractivity contribution is 0.0980. The Balaban J connectivity index is 1.54. The molecule has 0 radical (unpaired) electrons. The Morgan fingerprint density at radius 1 is 1.04 bits per heavy atom. The summed E-state index contributed by atoms with van der Waals surface area (Å²) in [5, 5.41) is 3.32. The number of anilines is 3. The van der Waals surface area contributed by atoms with Gasteiger partial charge in [0, 0.05) is 17.9 Å². The number of carbonyl (C=O) groups excluding carboxylic acids is 1. The SMILES string of the molecule is CC(C)c1ccccc1Nc1cnc(C(=O)N2CCCc3ccccc32)cn1. The molecule has 5 heteroatoms. The Morgan fingerprint density at radius 3 is 2.61 bits per heavy atom. The number of hydrogen-bond acceptors (Lipinski definition) is 4. The van der Waals surface area contributed by atoms with Crippen LogP contribution in [-0.2, 0) is 6.42 Å². The topological polar surface area (TPSA) is 58.1 Å². The second kappa shape index (κ2) is 7.80. The molecule has 4 rings (SSSR count). The third-order valence-corrected chi connectivity index (χ3v) is 5.07. The molecule has 2 aromatic carbocycles. The van der Waals surface area contributed by atoms with Gasteiger partial charge >= 0.3 is 0 Å². The Hall–Kier alpha value is -3.21. The van der Waals surface area contributed by atoms with E-state index in [1.807, 2.05) is 41.3 Å². The van der Waals surface area contributed by atoms with Crippen LogP contribution in [0.5, 0.6) is 0 Å². The zero-order chi connectivity index (χ0) is 19.5. The van der Waals surface area contributed by atoms with Gasteiger partial charge in [0.15, 0.2) is 0 Å². The zero-order valence-corrected chi connectivity index (χ0v) is 16.2. The van der Waals surface area contributed by atoms with Crippen LogP contribution in [0.15, 0.2) is 60.9 Å². The molecule has 1 aliphatic heterocycles. The van der Waals surface area contributed by atoms with E-state index in [0.29, 0.717) is 24.0 Å². The smallest absolute Gasteiger partial charge is 0.278 e. The molecule has 2 heterocycles. The van der Waals surface area contributed by atoms with Gasteiger partial charge < -0.3 is 10.2 Å². The van der Waals surface area contributed by atoms with E-state index in [1.54, 1.807) is 12.4 Å². The van der Waals surface area contributed by atoms with Crippen molar-refractivity contribution in [3.05, 3.63) is 77.7 Å². The Kier molecular flexibility index (Phi) is 5.06. The molecule has 0 unspecified atom stereocenters. The first kappa shape index (κ1) is 18.2. The second-order valence-electron chi connectivity index (χ2n) is 7.34. The average molecular weight is 372 g/mol. The van der Waals surface area contributed by atoms with Crippen LogP contribution in [0, 0.1) is 0 Å². The fourth-order valence-corrected chi connectivity index (χ4v) is 3.64. The van der Waals surface area contributed by atoms with Gasteiger partial charge in [-0.1, -0.05) is 50.2 Å². The largest absolute Gasteiger partial charge is 0.339 e. The first-order valence-corrected chi connectivity index (χ1v) is 9.71. The molecule has 28 heavy (non-hydrogen) atoms. The number of amides is 1. The van der Waals surface area contributed by atoms with Gasteiger partial charge in [-0.05, 0) is 42.0 Å². The summed E-state index contributed by atoms with van der Waals surface area (Å²) in [7, 11) is 0. The molecule has 3 aromatic rings. The van der Waals surface area contributed by atoms with Gasteiger partial charge in [-0.2, -0.15) is 0 Å². The van der Waals surface area contributed by atoms with Gasteiger partial charge in [-0.25, -0.2) is 9.97 Å². The van der Waals surface area contributed by atoms with E-state index in [2.05, 4.69) is 41.3 Å². The second-order valence-corrected chi connectivity index (χ2v) is 7.34. The highest BCUT2D eigenvalue weighted by molar-refractivity contribution is 6.05. The number of aromatic nitrogens is 2. The summed E-state index contributed by atoms with van der Waals surface area (Å²) in [6.45, 7) is 5.02. The summed E-state index contributed by atoms with van der Waals surface area (Å²) in [6.07, 6.45) is 5.14. The van der Waals surface area contributed by atoms with Crippen molar-refractivity contribution >= 4 is 23.1 Å². The summed E-state index contributed by atoms with van der Waals surface area (Å²) in [6, 6.07) is 16.2. The lowest BCUT2D eigenvalue weighted by atomic mass is 10.0. The molecule has 0 aliphatic carbocycles. The van der Waals surface area contributed by atoms with Crippen molar-refractivity contribution in [2.24, 2.45) is 0 Å². The van der Waals surface area contributed by atoms with Crippen molar-refractivity contribution in [1.82, 2.24) is 9.97 Å². The van der Waals surface area contributed by atoms with E-state index in [9.17, 15) is 4.79 Å². The fourth-order valence-electron chi connectivity index (χ4n) is 3.64. The summed E-state index contributed by atoms with van der Waals surface area (Å²) < 4.78 is 0. The summed E-state index contributed by atoms with van der Waals surface area (Å²) >= 11 is 0. The van der Waals surface area contributed by atoms with Gasteiger partial charge in [0.25, 0.3) is 5.91 Å². The lowest BCUT2D eigenvalue weighted by Gasteiger charge is -2.29. The van der Waals surface area contributed by atoms with Gasteiger partial charge in [-0.3, -0.25) is 4.79 Å². The molecular weight excluding hydrogens is 348 g/mol. The minimum atomic E-state index is -0.103. The number of carbonyl (C=O) groups is 1. The van der Waals surface area contributed by atoms with E-state index in [0.717, 1.165) is 24.2 Å². The van der Waals surface area contributed by atoms with E-state index >= 15 is 0 Å². The number of rotatable bonds is 4. The van der Waals surface area contributed by atoms with Crippen molar-refractivity contribution in [1.29, 1.82) is 0 Å². The minimum Gasteiger partial charge on any atom is -0.339 e. The van der Waals surface area contributed by atoms with Gasteiger partial charge in [-0.15, -0.1) is 0 Å². The molecule has 0 atom stereocenters. The van der Waals surface area contributed by atoms with Crippen LogP contribution in [0.2, 0.25) is 0 Å². The van der Waals surface area contributed by atoms with Crippen molar-refractivity contribution in [3.63, 3.8) is 0 Å². The maximum absolute atomic E-state index is 13.0. The van der Waals surface area contributed by atoms with Crippen LogP contribution in [0.3, 0.4) is 0 Å². The van der Waals surface area contributed by atoms with Crippen LogP contribution in [0.4, 0.5) is 17.2 Å². The van der Waals surface area contributed by atoms with Crippen molar-refractivity contribution in [2.45, 2.75) is 32.6 Å². The molecule has 0 saturated heterocycles. The van der Waals surface area contributed by atoms with Crippen LogP contribution in [-0.4, -0.2) is 22.4 Å². The van der Waals surface area contributed by atoms with E-state index in [-0.39, 0.29) is 5.91 Å². The van der Waals surface area contributed by atoms with E-state index < -0.39 is 0 Å². The maximum Gasteiger partial charge on any atom is 0.278 e. The maximum atomic E-state index is 13.0. The van der Waals surface area contributed by atoms with Crippen LogP contribution >= 0.6 is 0 Å². The molecule has 5 nitrogen and oxygen atoms in total. The third-order valence-electron chi connectivity index (χ3n) is 5.07. The number of nitrogens with one attached hydrogen (secondary N) is 1. The number of hydrogen-bond donors (Lipinski definition) is 1. The molecule has 1 amide bonds. The lowest BCUT2D eigenvalue weighted by Crippen LogP contribution is -2.36. The van der Waals surface area contributed by atoms with Crippen LogP contribution in [0.25, 0.3) is 0 Å². The Bertz CT molecular complexity index is 982. The van der Waals surface area contributed by atoms with Gasteiger partial charge in [0.2, 0.25) is 0 Å². The molecular formula is C23H24N4O. The molecule has 0 fully saturated rings. The number of nitrogens with zero attached hydrogens (tertiary/aromatic N) is 3. The predicted molar refractivity (Wildman–Crippen MR) is 112 cm³/mol. The molecule has 142 valence electrons. The van der Waals surface area contributed by atoms with Crippen LogP contribution < -0.4 is 10.2 Å². The minimum absolute atomic E-state index is 0.103. The quantitative estimate of drug-likeness (QED) is 0.705. The average Bonchev–Trinajstić information content (AvgIpc) is 2.73. The summed E-state index contributed by atoms with van der Waals surface area (Å²) in [5.41, 5.74) is 4.77. The normalized spacial score (nSPS) is 13.3. The fraction of sp³-hybridized carbons (Fsp3) is 0.261. The highest BCUT2D eigenvalue weighted by Crippen LogP contribution is 2.28. The number of aryl methyl sites for hydroxylation is 1. The molecule has 0 saturated carbocycles. The molecule has 1 N–H and O–H groups in total. The predicted octanol–water partition coefficient (Wildman–Crippen LogP) is 4.94. The number of benzene rings is 2. The molecule has 1 aromatic heterocycles. The highest BCUT2D eigenvalue weighted by atomic mass is 16.2. The number of para-hydroxylation sites is 2. The molecule has 1 aliphatic rings. The Morgan fingerprint density at radius 2 is 1.82 bits per heavy atom. The number of fused-ring (bicyclic) bond motifs is 1. The third kappa shape index (κ3) is 3.60. The summed E-state index contributed by atoms with van der Waals surface area (Å²) in [5.74, 6) is 0.925. The van der Waals surface area contributed by atoms with Crippen molar-refractivity contribution in [2.75, 3.05) is 16.8 Å². The highest BCUT2D eigenvalue weighted by Gasteiger charge is 2.24. The van der Waals surface area contributed by atoms with Crippen LogP contribution in [0.1, 0.15) is 47.8 Å². The summed E-state index contributed by atoms with van der Waals surface area (Å²) in [4.78, 5) is 23.6. The molecule has 0 bridgehead atoms. The van der Waals surface area contributed by atoms with E-state index in [4.69, 9.17) is 0 Å².